The lowest BCUT2D eigenvalue weighted by Crippen LogP contribution is -2.12. The molecule has 5 nitrogen and oxygen atoms in total. The van der Waals surface area contributed by atoms with Crippen molar-refractivity contribution in [2.24, 2.45) is 0 Å². The Labute approximate surface area is 117 Å². The Kier molecular flexibility index (Phi) is 3.96. The smallest absolute Gasteiger partial charge is 0.125 e. The molecule has 19 heavy (non-hydrogen) atoms. The molecule has 1 unspecified atom stereocenters. The molecule has 0 aliphatic rings. The normalized spacial score (nSPS) is 13.5. The average Bonchev–Trinajstić information content (AvgIpc) is 2.94. The highest BCUT2D eigenvalue weighted by Crippen LogP contribution is 2.30. The Hall–Kier alpha value is -1.33. The van der Waals surface area contributed by atoms with Gasteiger partial charge in [-0.05, 0) is 27.7 Å². The summed E-state index contributed by atoms with van der Waals surface area (Å²) in [6.07, 6.45) is 4.25. The fourth-order valence-electron chi connectivity index (χ4n) is 1.95. The lowest BCUT2D eigenvalue weighted by Gasteiger charge is -2.15. The molecule has 2 aromatic heterocycles. The second kappa shape index (κ2) is 5.35. The average molecular weight is 283 g/mol. The van der Waals surface area contributed by atoms with E-state index < -0.39 is 6.10 Å². The van der Waals surface area contributed by atoms with Gasteiger partial charge in [0.2, 0.25) is 0 Å². The molecular weight excluding hydrogens is 264 g/mol. The number of rotatable bonds is 4. The molecule has 0 aliphatic carbocycles. The maximum absolute atomic E-state index is 10.5. The first-order valence-electron chi connectivity index (χ1n) is 6.36. The minimum absolute atomic E-state index is 0.136. The SMILES string of the molecule is CC(C)n1cc(C(O)c2c(Cl)cnn2C(C)C)cn1. The second-order valence-electron chi connectivity index (χ2n) is 5.17. The summed E-state index contributed by atoms with van der Waals surface area (Å²) in [5.74, 6) is 0. The third-order valence-corrected chi connectivity index (χ3v) is 3.29. The second-order valence-corrected chi connectivity index (χ2v) is 5.57. The Bertz CT molecular complexity index is 559. The van der Waals surface area contributed by atoms with Crippen LogP contribution >= 0.6 is 11.6 Å². The summed E-state index contributed by atoms with van der Waals surface area (Å²) in [4.78, 5) is 0. The fourth-order valence-corrected chi connectivity index (χ4v) is 2.19. The zero-order valence-corrected chi connectivity index (χ0v) is 12.3. The van der Waals surface area contributed by atoms with Crippen molar-refractivity contribution in [1.82, 2.24) is 19.6 Å². The van der Waals surface area contributed by atoms with E-state index in [-0.39, 0.29) is 12.1 Å². The Morgan fingerprint density at radius 3 is 2.32 bits per heavy atom. The highest BCUT2D eigenvalue weighted by Gasteiger charge is 2.22. The molecule has 0 saturated carbocycles. The summed E-state index contributed by atoms with van der Waals surface area (Å²) in [7, 11) is 0. The molecule has 0 aliphatic heterocycles. The summed E-state index contributed by atoms with van der Waals surface area (Å²) < 4.78 is 3.54. The van der Waals surface area contributed by atoms with E-state index in [0.717, 1.165) is 5.56 Å². The number of nitrogens with zero attached hydrogens (tertiary/aromatic N) is 4. The maximum Gasteiger partial charge on any atom is 0.125 e. The summed E-state index contributed by atoms with van der Waals surface area (Å²) in [5.41, 5.74) is 1.33. The minimum atomic E-state index is -0.815. The zero-order valence-electron chi connectivity index (χ0n) is 11.6. The van der Waals surface area contributed by atoms with E-state index in [1.807, 2.05) is 38.6 Å². The number of aliphatic hydroxyl groups is 1. The van der Waals surface area contributed by atoms with Crippen LogP contribution in [0.2, 0.25) is 5.02 Å². The van der Waals surface area contributed by atoms with Crippen LogP contribution in [-0.2, 0) is 0 Å². The molecule has 0 radical (unpaired) electrons. The largest absolute Gasteiger partial charge is 0.382 e. The lowest BCUT2D eigenvalue weighted by molar-refractivity contribution is 0.205. The van der Waals surface area contributed by atoms with Crippen LogP contribution in [0.5, 0.6) is 0 Å². The third-order valence-electron chi connectivity index (χ3n) is 3.00. The number of aromatic nitrogens is 4. The van der Waals surface area contributed by atoms with Gasteiger partial charge in [-0.1, -0.05) is 11.6 Å². The number of halogens is 1. The van der Waals surface area contributed by atoms with Crippen molar-refractivity contribution in [2.75, 3.05) is 0 Å². The van der Waals surface area contributed by atoms with Crippen molar-refractivity contribution in [1.29, 1.82) is 0 Å². The molecule has 0 saturated heterocycles. The predicted molar refractivity (Wildman–Crippen MR) is 74.3 cm³/mol. The first-order valence-corrected chi connectivity index (χ1v) is 6.74. The summed E-state index contributed by atoms with van der Waals surface area (Å²) in [6, 6.07) is 0.392. The molecule has 0 amide bonds. The standard InChI is InChI=1S/C13H19ClN4O/c1-8(2)17-7-10(5-15-17)13(19)12-11(14)6-16-18(12)9(3)4/h5-9,13,19H,1-4H3. The topological polar surface area (TPSA) is 55.9 Å². The van der Waals surface area contributed by atoms with Crippen molar-refractivity contribution in [3.63, 3.8) is 0 Å². The predicted octanol–water partition coefficient (Wildman–Crippen LogP) is 2.98. The molecule has 6 heteroatoms. The first-order chi connectivity index (χ1) is 8.91. The highest BCUT2D eigenvalue weighted by atomic mass is 35.5. The van der Waals surface area contributed by atoms with Crippen molar-refractivity contribution >= 4 is 11.6 Å². The third kappa shape index (κ3) is 2.67. The molecule has 2 aromatic rings. The molecular formula is C13H19ClN4O. The van der Waals surface area contributed by atoms with E-state index in [9.17, 15) is 5.11 Å². The summed E-state index contributed by atoms with van der Waals surface area (Å²) in [6.45, 7) is 8.07. The van der Waals surface area contributed by atoms with E-state index in [4.69, 9.17) is 11.6 Å². The van der Waals surface area contributed by atoms with Crippen LogP contribution in [0.1, 0.15) is 57.1 Å². The molecule has 0 bridgehead atoms. The molecule has 2 heterocycles. The Morgan fingerprint density at radius 2 is 1.79 bits per heavy atom. The van der Waals surface area contributed by atoms with E-state index in [1.54, 1.807) is 17.1 Å². The van der Waals surface area contributed by atoms with Crippen LogP contribution in [-0.4, -0.2) is 24.7 Å². The quantitative estimate of drug-likeness (QED) is 0.938. The monoisotopic (exact) mass is 282 g/mol. The van der Waals surface area contributed by atoms with Gasteiger partial charge in [0.05, 0.1) is 23.1 Å². The van der Waals surface area contributed by atoms with Gasteiger partial charge in [-0.3, -0.25) is 9.36 Å². The summed E-state index contributed by atoms with van der Waals surface area (Å²) in [5, 5.41) is 19.4. The van der Waals surface area contributed by atoms with Gasteiger partial charge in [-0.25, -0.2) is 0 Å². The molecule has 0 fully saturated rings. The number of hydrogen-bond acceptors (Lipinski definition) is 3. The van der Waals surface area contributed by atoms with Crippen LogP contribution < -0.4 is 0 Å². The number of aliphatic hydroxyl groups excluding tert-OH is 1. The Balaban J connectivity index is 2.37. The minimum Gasteiger partial charge on any atom is -0.382 e. The van der Waals surface area contributed by atoms with Crippen molar-refractivity contribution in [2.45, 2.75) is 45.9 Å². The zero-order chi connectivity index (χ0) is 14.2. The van der Waals surface area contributed by atoms with Gasteiger partial charge in [0, 0.05) is 23.8 Å². The van der Waals surface area contributed by atoms with Gasteiger partial charge in [-0.2, -0.15) is 10.2 Å². The first kappa shape index (κ1) is 14.1. The van der Waals surface area contributed by atoms with Crippen LogP contribution in [0.3, 0.4) is 0 Å². The number of hydrogen-bond donors (Lipinski definition) is 1. The molecule has 0 aromatic carbocycles. The van der Waals surface area contributed by atoms with Gasteiger partial charge >= 0.3 is 0 Å². The molecule has 1 N–H and O–H groups in total. The van der Waals surface area contributed by atoms with Gasteiger partial charge in [0.25, 0.3) is 0 Å². The Morgan fingerprint density at radius 1 is 1.11 bits per heavy atom. The van der Waals surface area contributed by atoms with Crippen LogP contribution in [0, 0.1) is 0 Å². The highest BCUT2D eigenvalue weighted by molar-refractivity contribution is 6.31. The van der Waals surface area contributed by atoms with Crippen molar-refractivity contribution in [3.05, 3.63) is 34.9 Å². The molecule has 0 spiro atoms. The van der Waals surface area contributed by atoms with Gasteiger partial charge in [0.15, 0.2) is 0 Å². The van der Waals surface area contributed by atoms with E-state index in [1.165, 1.54) is 0 Å². The summed E-state index contributed by atoms with van der Waals surface area (Å²) >= 11 is 6.13. The lowest BCUT2D eigenvalue weighted by atomic mass is 10.1. The maximum atomic E-state index is 10.5. The van der Waals surface area contributed by atoms with Crippen molar-refractivity contribution in [3.8, 4) is 0 Å². The van der Waals surface area contributed by atoms with E-state index >= 15 is 0 Å². The van der Waals surface area contributed by atoms with Gasteiger partial charge < -0.3 is 5.11 Å². The van der Waals surface area contributed by atoms with Gasteiger partial charge in [-0.15, -0.1) is 0 Å². The van der Waals surface area contributed by atoms with Crippen molar-refractivity contribution < 1.29 is 5.11 Å². The van der Waals surface area contributed by atoms with Crippen LogP contribution in [0.25, 0.3) is 0 Å². The van der Waals surface area contributed by atoms with Gasteiger partial charge in [0.1, 0.15) is 6.10 Å². The molecule has 104 valence electrons. The van der Waals surface area contributed by atoms with E-state index in [0.29, 0.717) is 10.7 Å². The van der Waals surface area contributed by atoms with Crippen LogP contribution in [0.4, 0.5) is 0 Å². The molecule has 1 atom stereocenters. The fraction of sp³-hybridized carbons (Fsp3) is 0.538. The van der Waals surface area contributed by atoms with Crippen LogP contribution in [0.15, 0.2) is 18.6 Å². The van der Waals surface area contributed by atoms with E-state index in [2.05, 4.69) is 10.2 Å². The molecule has 2 rings (SSSR count).